The fraction of sp³-hybridized carbons (Fsp3) is 0.318. The van der Waals surface area contributed by atoms with Crippen LogP contribution in [0.15, 0.2) is 58.0 Å². The van der Waals surface area contributed by atoms with E-state index in [1.807, 2.05) is 17.2 Å². The number of hydrogen-bond donors (Lipinski definition) is 0. The van der Waals surface area contributed by atoms with Gasteiger partial charge in [-0.25, -0.2) is 14.1 Å². The normalized spacial score (nSPS) is 21.8. The van der Waals surface area contributed by atoms with Crippen molar-refractivity contribution >= 4 is 34.3 Å². The van der Waals surface area contributed by atoms with Crippen molar-refractivity contribution in [3.05, 3.63) is 85.3 Å². The maximum absolute atomic E-state index is 13.9. The largest absolute Gasteiger partial charge is 0.333 e. The van der Waals surface area contributed by atoms with Crippen molar-refractivity contribution in [3.8, 4) is 0 Å². The maximum Gasteiger partial charge on any atom is 0.333 e. The Labute approximate surface area is 207 Å². The number of halogens is 4. The summed E-state index contributed by atoms with van der Waals surface area (Å²) in [5, 5.41) is 10.3. The molecule has 1 fully saturated rings. The van der Waals surface area contributed by atoms with Crippen molar-refractivity contribution in [2.24, 2.45) is 15.5 Å². The van der Waals surface area contributed by atoms with E-state index in [0.29, 0.717) is 45.2 Å². The third-order valence-corrected chi connectivity index (χ3v) is 7.16. The van der Waals surface area contributed by atoms with Crippen LogP contribution in [0.3, 0.4) is 0 Å². The van der Waals surface area contributed by atoms with E-state index in [1.165, 1.54) is 35.9 Å². The fourth-order valence-corrected chi connectivity index (χ4v) is 5.47. The van der Waals surface area contributed by atoms with Gasteiger partial charge in [0.05, 0.1) is 6.20 Å². The van der Waals surface area contributed by atoms with E-state index in [4.69, 9.17) is 22.1 Å². The molecule has 180 valence electrons. The highest BCUT2D eigenvalue weighted by Gasteiger charge is 2.45. The summed E-state index contributed by atoms with van der Waals surface area (Å²) in [5.41, 5.74) is 10.9. The van der Waals surface area contributed by atoms with Crippen LogP contribution in [0, 0.1) is 11.2 Å². The average molecular weight is 519 g/mol. The Hall–Kier alpha value is -3.34. The number of aromatic nitrogens is 3. The van der Waals surface area contributed by atoms with Gasteiger partial charge in [-0.2, -0.15) is 13.9 Å². The monoisotopic (exact) mass is 518 g/mol. The van der Waals surface area contributed by atoms with Gasteiger partial charge in [0.2, 0.25) is 0 Å². The molecule has 2 aliphatic heterocycles. The molecule has 0 N–H and O–H groups in total. The second-order valence-electron chi connectivity index (χ2n) is 8.67. The molecule has 1 saturated heterocycles. The van der Waals surface area contributed by atoms with Gasteiger partial charge in [0.1, 0.15) is 11.9 Å². The summed E-state index contributed by atoms with van der Waals surface area (Å²) < 4.78 is 41.2. The van der Waals surface area contributed by atoms with Crippen molar-refractivity contribution in [1.82, 2.24) is 19.7 Å². The van der Waals surface area contributed by atoms with Crippen LogP contribution in [-0.4, -0.2) is 38.6 Å². The molecule has 0 saturated carbocycles. The first kappa shape index (κ1) is 23.4. The van der Waals surface area contributed by atoms with Crippen LogP contribution in [0.1, 0.15) is 42.1 Å². The van der Waals surface area contributed by atoms with Crippen LogP contribution in [0.2, 0.25) is 5.02 Å². The van der Waals surface area contributed by atoms with E-state index in [-0.39, 0.29) is 11.6 Å². The highest BCUT2D eigenvalue weighted by molar-refractivity contribution is 7.11. The molecule has 2 atom stereocenters. The molecule has 13 heteroatoms. The number of aliphatic imine (C=N–C) groups is 1. The molecular weight excluding hydrogens is 501 g/mol. The van der Waals surface area contributed by atoms with Gasteiger partial charge in [0, 0.05) is 57.6 Å². The molecule has 0 spiro atoms. The summed E-state index contributed by atoms with van der Waals surface area (Å²) >= 11 is 7.87. The molecule has 8 nitrogen and oxygen atoms in total. The molecule has 0 amide bonds. The lowest BCUT2D eigenvalue weighted by molar-refractivity contribution is 0.0566. The zero-order valence-corrected chi connectivity index (χ0v) is 19.9. The minimum atomic E-state index is -2.81. The predicted molar refractivity (Wildman–Crippen MR) is 127 cm³/mol. The van der Waals surface area contributed by atoms with Gasteiger partial charge in [0.25, 0.3) is 0 Å². The SMILES string of the molecule is C[C@]1(CN=[N+]=[N-])CC2=C(c3cnn(C(F)F)c3)[C@H](c3ccc(F)cc3Cl)N=C(c3nccs3)N2C1. The lowest BCUT2D eigenvalue weighted by atomic mass is 9.85. The van der Waals surface area contributed by atoms with E-state index in [9.17, 15) is 13.2 Å². The first-order valence-corrected chi connectivity index (χ1v) is 11.8. The quantitative estimate of drug-likeness (QED) is 0.213. The molecular formula is C22H18ClF3N8S. The fourth-order valence-electron chi connectivity index (χ4n) is 4.56. The molecule has 0 unspecified atom stereocenters. The summed E-state index contributed by atoms with van der Waals surface area (Å²) in [4.78, 5) is 14.3. The molecule has 1 aromatic carbocycles. The second kappa shape index (κ2) is 9.03. The Morgan fingerprint density at radius 1 is 1.40 bits per heavy atom. The van der Waals surface area contributed by atoms with Gasteiger partial charge >= 0.3 is 6.55 Å². The summed E-state index contributed by atoms with van der Waals surface area (Å²) in [5.74, 6) is 0.0953. The Morgan fingerprint density at radius 3 is 2.89 bits per heavy atom. The van der Waals surface area contributed by atoms with E-state index < -0.39 is 23.8 Å². The predicted octanol–water partition coefficient (Wildman–Crippen LogP) is 6.46. The molecule has 5 rings (SSSR count). The number of azide groups is 1. The summed E-state index contributed by atoms with van der Waals surface area (Å²) in [6.45, 7) is -0.0989. The number of hydrogen-bond acceptors (Lipinski definition) is 6. The number of alkyl halides is 2. The van der Waals surface area contributed by atoms with Gasteiger partial charge in [-0.1, -0.05) is 29.7 Å². The Bertz CT molecular complexity index is 1380. The number of benzene rings is 1. The number of fused-ring (bicyclic) bond motifs is 1. The average Bonchev–Trinajstić information content (AvgIpc) is 3.57. The van der Waals surface area contributed by atoms with Crippen molar-refractivity contribution in [2.75, 3.05) is 13.1 Å². The third kappa shape index (κ3) is 4.29. The zero-order valence-electron chi connectivity index (χ0n) is 18.3. The number of rotatable bonds is 6. The standard InChI is InChI=1S/C22H18ClF3N8S/c1-22(10-29-32-27)7-16-17(12-8-30-34(9-12)21(25)26)18(14-3-2-13(24)6-15(14)23)31-19(33(16)11-22)20-28-4-5-35-20/h2-6,8-9,18,21H,7,10-11H2,1H3/t18-,22+/m0/s1. The molecule has 2 aliphatic rings. The summed E-state index contributed by atoms with van der Waals surface area (Å²) in [6, 6.07) is 3.32. The Balaban J connectivity index is 1.75. The minimum Gasteiger partial charge on any atom is -0.327 e. The Kier molecular flexibility index (Phi) is 6.04. The molecule has 3 aromatic rings. The van der Waals surface area contributed by atoms with E-state index >= 15 is 0 Å². The zero-order chi connectivity index (χ0) is 24.7. The van der Waals surface area contributed by atoms with Crippen LogP contribution >= 0.6 is 22.9 Å². The van der Waals surface area contributed by atoms with Gasteiger partial charge < -0.3 is 4.90 Å². The summed E-state index contributed by atoms with van der Waals surface area (Å²) in [6.07, 6.45) is 4.79. The first-order valence-electron chi connectivity index (χ1n) is 10.6. The first-order chi connectivity index (χ1) is 16.8. The minimum absolute atomic E-state index is 0.167. The van der Waals surface area contributed by atoms with Gasteiger partial charge in [-0.3, -0.25) is 4.99 Å². The number of nitrogens with zero attached hydrogens (tertiary/aromatic N) is 8. The van der Waals surface area contributed by atoms with Crippen LogP contribution in [0.4, 0.5) is 13.2 Å². The Morgan fingerprint density at radius 2 is 2.23 bits per heavy atom. The number of thiazole rings is 1. The lowest BCUT2D eigenvalue weighted by Crippen LogP contribution is -2.35. The van der Waals surface area contributed by atoms with Crippen molar-refractivity contribution in [1.29, 1.82) is 0 Å². The van der Waals surface area contributed by atoms with Crippen LogP contribution in [0.25, 0.3) is 16.0 Å². The van der Waals surface area contributed by atoms with Crippen LogP contribution < -0.4 is 0 Å². The van der Waals surface area contributed by atoms with E-state index in [1.54, 1.807) is 12.3 Å². The molecule has 0 radical (unpaired) electrons. The van der Waals surface area contributed by atoms with Crippen molar-refractivity contribution in [2.45, 2.75) is 25.9 Å². The molecule has 4 heterocycles. The van der Waals surface area contributed by atoms with Gasteiger partial charge in [0.15, 0.2) is 10.8 Å². The highest BCUT2D eigenvalue weighted by atomic mass is 35.5. The molecule has 0 aliphatic carbocycles. The van der Waals surface area contributed by atoms with Gasteiger partial charge in [-0.15, -0.1) is 11.3 Å². The molecule has 35 heavy (non-hydrogen) atoms. The summed E-state index contributed by atoms with van der Waals surface area (Å²) in [7, 11) is 0. The van der Waals surface area contributed by atoms with Gasteiger partial charge in [-0.05, 0) is 35.1 Å². The number of allylic oxidation sites excluding steroid dienone is 1. The topological polar surface area (TPSA) is 95.1 Å². The second-order valence-corrected chi connectivity index (χ2v) is 9.97. The van der Waals surface area contributed by atoms with Crippen molar-refractivity contribution in [3.63, 3.8) is 0 Å². The van der Waals surface area contributed by atoms with Crippen LogP contribution in [0.5, 0.6) is 0 Å². The number of amidine groups is 1. The molecule has 0 bridgehead atoms. The maximum atomic E-state index is 13.9. The van der Waals surface area contributed by atoms with Crippen LogP contribution in [-0.2, 0) is 0 Å². The molecule has 2 aromatic heterocycles. The van der Waals surface area contributed by atoms with E-state index in [2.05, 4.69) is 20.1 Å². The smallest absolute Gasteiger partial charge is 0.327 e. The highest BCUT2D eigenvalue weighted by Crippen LogP contribution is 2.50. The third-order valence-electron chi connectivity index (χ3n) is 6.06. The van der Waals surface area contributed by atoms with E-state index in [0.717, 1.165) is 5.70 Å². The lowest BCUT2D eigenvalue weighted by Gasteiger charge is -2.33. The van der Waals surface area contributed by atoms with Crippen molar-refractivity contribution < 1.29 is 13.2 Å².